The molecule has 3 rings (SSSR count). The van der Waals surface area contributed by atoms with Gasteiger partial charge in [0.1, 0.15) is 5.75 Å². The first kappa shape index (κ1) is 19.9. The Morgan fingerprint density at radius 3 is 2.71 bits per heavy atom. The van der Waals surface area contributed by atoms with Crippen molar-refractivity contribution in [2.24, 2.45) is 0 Å². The summed E-state index contributed by atoms with van der Waals surface area (Å²) in [5.41, 5.74) is 3.23. The maximum Gasteiger partial charge on any atom is 0.237 e. The number of nitrogens with one attached hydrogen (secondary N) is 2. The molecular formula is C22H27N3O3. The molecular weight excluding hydrogens is 354 g/mol. The predicted octanol–water partition coefficient (Wildman–Crippen LogP) is 2.01. The van der Waals surface area contributed by atoms with Gasteiger partial charge in [-0.05, 0) is 18.6 Å². The summed E-state index contributed by atoms with van der Waals surface area (Å²) in [6, 6.07) is 15.3. The molecule has 0 spiro atoms. The lowest BCUT2D eigenvalue weighted by atomic mass is 10.1. The van der Waals surface area contributed by atoms with Gasteiger partial charge < -0.3 is 15.4 Å². The Bertz CT molecular complexity index is 820. The van der Waals surface area contributed by atoms with Crippen molar-refractivity contribution in [3.8, 4) is 5.75 Å². The van der Waals surface area contributed by atoms with Crippen LogP contribution in [0.3, 0.4) is 0 Å². The van der Waals surface area contributed by atoms with Gasteiger partial charge in [0.15, 0.2) is 0 Å². The molecule has 0 radical (unpaired) electrons. The smallest absolute Gasteiger partial charge is 0.237 e. The first-order valence-corrected chi connectivity index (χ1v) is 9.52. The van der Waals surface area contributed by atoms with Crippen LogP contribution in [-0.4, -0.2) is 43.0 Å². The highest BCUT2D eigenvalue weighted by Gasteiger charge is 2.31. The van der Waals surface area contributed by atoms with Gasteiger partial charge in [-0.1, -0.05) is 48.0 Å². The molecule has 148 valence electrons. The highest BCUT2D eigenvalue weighted by Crippen LogP contribution is 2.22. The zero-order valence-corrected chi connectivity index (χ0v) is 16.4. The van der Waals surface area contributed by atoms with Crippen molar-refractivity contribution in [2.75, 3.05) is 20.2 Å². The van der Waals surface area contributed by atoms with Crippen LogP contribution < -0.4 is 15.4 Å². The van der Waals surface area contributed by atoms with E-state index in [0.717, 1.165) is 16.9 Å². The molecule has 1 saturated heterocycles. The standard InChI is InChI=1S/C22H27N3O3/c1-16-7-9-17(10-8-16)14-24-21(26)13-19-22(27)23-11-12-25(19)15-18-5-3-4-6-20(18)28-2/h3-10,19H,11-15H2,1-2H3,(H,23,27)(H,24,26)/t19-/m1/s1. The fourth-order valence-electron chi connectivity index (χ4n) is 3.38. The molecule has 1 atom stereocenters. The molecule has 1 aliphatic rings. The fourth-order valence-corrected chi connectivity index (χ4v) is 3.38. The fraction of sp³-hybridized carbons (Fsp3) is 0.364. The molecule has 0 bridgehead atoms. The van der Waals surface area contributed by atoms with Crippen LogP contribution in [0.15, 0.2) is 48.5 Å². The number of amides is 2. The number of nitrogens with zero attached hydrogens (tertiary/aromatic N) is 1. The van der Waals surface area contributed by atoms with Crippen molar-refractivity contribution in [1.82, 2.24) is 15.5 Å². The normalized spacial score (nSPS) is 17.1. The van der Waals surface area contributed by atoms with E-state index in [0.29, 0.717) is 26.2 Å². The van der Waals surface area contributed by atoms with Gasteiger partial charge in [0.2, 0.25) is 11.8 Å². The Balaban J connectivity index is 1.62. The number of hydrogen-bond donors (Lipinski definition) is 2. The lowest BCUT2D eigenvalue weighted by molar-refractivity contribution is -0.134. The maximum absolute atomic E-state index is 12.5. The Labute approximate surface area is 165 Å². The Morgan fingerprint density at radius 2 is 1.96 bits per heavy atom. The van der Waals surface area contributed by atoms with Crippen LogP contribution in [-0.2, 0) is 22.7 Å². The summed E-state index contributed by atoms with van der Waals surface area (Å²) < 4.78 is 5.42. The summed E-state index contributed by atoms with van der Waals surface area (Å²) in [6.07, 6.45) is 0.132. The van der Waals surface area contributed by atoms with Gasteiger partial charge in [0, 0.05) is 31.7 Å². The number of piperazine rings is 1. The summed E-state index contributed by atoms with van der Waals surface area (Å²) in [7, 11) is 1.64. The number of methoxy groups -OCH3 is 1. The van der Waals surface area contributed by atoms with Gasteiger partial charge in [-0.25, -0.2) is 0 Å². The number of ether oxygens (including phenoxy) is 1. The predicted molar refractivity (Wildman–Crippen MR) is 108 cm³/mol. The van der Waals surface area contributed by atoms with E-state index in [-0.39, 0.29) is 18.2 Å². The number of benzene rings is 2. The third-order valence-electron chi connectivity index (χ3n) is 5.00. The van der Waals surface area contributed by atoms with Crippen LogP contribution >= 0.6 is 0 Å². The summed E-state index contributed by atoms with van der Waals surface area (Å²) >= 11 is 0. The van der Waals surface area contributed by atoms with Crippen molar-refractivity contribution >= 4 is 11.8 Å². The van der Waals surface area contributed by atoms with Crippen molar-refractivity contribution in [1.29, 1.82) is 0 Å². The summed E-state index contributed by atoms with van der Waals surface area (Å²) in [5, 5.41) is 5.79. The molecule has 0 aromatic heterocycles. The zero-order chi connectivity index (χ0) is 19.9. The minimum absolute atomic E-state index is 0.105. The molecule has 1 aliphatic heterocycles. The molecule has 2 aromatic carbocycles. The molecule has 0 unspecified atom stereocenters. The molecule has 2 N–H and O–H groups in total. The van der Waals surface area contributed by atoms with Crippen LogP contribution in [0, 0.1) is 6.92 Å². The number of hydrogen-bond acceptors (Lipinski definition) is 4. The highest BCUT2D eigenvalue weighted by atomic mass is 16.5. The molecule has 6 nitrogen and oxygen atoms in total. The molecule has 1 fully saturated rings. The minimum Gasteiger partial charge on any atom is -0.496 e. The van der Waals surface area contributed by atoms with Crippen molar-refractivity contribution in [3.05, 3.63) is 65.2 Å². The van der Waals surface area contributed by atoms with Crippen molar-refractivity contribution in [3.63, 3.8) is 0 Å². The van der Waals surface area contributed by atoms with E-state index in [4.69, 9.17) is 4.74 Å². The number of aryl methyl sites for hydroxylation is 1. The van der Waals surface area contributed by atoms with E-state index in [9.17, 15) is 9.59 Å². The van der Waals surface area contributed by atoms with E-state index in [1.807, 2.05) is 60.4 Å². The first-order chi connectivity index (χ1) is 13.6. The van der Waals surface area contributed by atoms with Crippen molar-refractivity contribution < 1.29 is 14.3 Å². The Hall–Kier alpha value is -2.86. The molecule has 6 heteroatoms. The van der Waals surface area contributed by atoms with Gasteiger partial charge >= 0.3 is 0 Å². The third kappa shape index (κ3) is 5.10. The second kappa shape index (κ2) is 9.37. The summed E-state index contributed by atoms with van der Waals surface area (Å²) in [5.74, 6) is 0.551. The van der Waals surface area contributed by atoms with E-state index in [1.54, 1.807) is 7.11 Å². The number of rotatable bonds is 7. The third-order valence-corrected chi connectivity index (χ3v) is 5.00. The van der Waals surface area contributed by atoms with E-state index >= 15 is 0 Å². The van der Waals surface area contributed by atoms with Crippen LogP contribution in [0.5, 0.6) is 5.75 Å². The monoisotopic (exact) mass is 381 g/mol. The number of carbonyl (C=O) groups is 2. The lowest BCUT2D eigenvalue weighted by Crippen LogP contribution is -2.56. The van der Waals surface area contributed by atoms with E-state index < -0.39 is 6.04 Å². The first-order valence-electron chi connectivity index (χ1n) is 9.52. The SMILES string of the molecule is COc1ccccc1CN1CCNC(=O)[C@H]1CC(=O)NCc1ccc(C)cc1. The van der Waals surface area contributed by atoms with Crippen LogP contribution in [0.4, 0.5) is 0 Å². The van der Waals surface area contributed by atoms with Gasteiger partial charge in [-0.3, -0.25) is 14.5 Å². The molecule has 2 amide bonds. The second-order valence-corrected chi connectivity index (χ2v) is 7.06. The van der Waals surface area contributed by atoms with Crippen LogP contribution in [0.25, 0.3) is 0 Å². The molecule has 0 aliphatic carbocycles. The maximum atomic E-state index is 12.5. The topological polar surface area (TPSA) is 70.7 Å². The van der Waals surface area contributed by atoms with Gasteiger partial charge in [0.05, 0.1) is 19.6 Å². The largest absolute Gasteiger partial charge is 0.496 e. The molecule has 0 saturated carbocycles. The average Bonchev–Trinajstić information content (AvgIpc) is 2.70. The number of para-hydroxylation sites is 1. The Kier molecular flexibility index (Phi) is 6.66. The summed E-state index contributed by atoms with van der Waals surface area (Å²) in [6.45, 7) is 4.32. The van der Waals surface area contributed by atoms with Crippen LogP contribution in [0.1, 0.15) is 23.1 Å². The van der Waals surface area contributed by atoms with E-state index in [2.05, 4.69) is 10.6 Å². The minimum atomic E-state index is -0.489. The highest BCUT2D eigenvalue weighted by molar-refractivity contribution is 5.88. The quantitative estimate of drug-likeness (QED) is 0.770. The molecule has 2 aromatic rings. The van der Waals surface area contributed by atoms with E-state index in [1.165, 1.54) is 5.56 Å². The zero-order valence-electron chi connectivity index (χ0n) is 16.4. The van der Waals surface area contributed by atoms with Crippen LogP contribution in [0.2, 0.25) is 0 Å². The van der Waals surface area contributed by atoms with Gasteiger partial charge in [-0.2, -0.15) is 0 Å². The Morgan fingerprint density at radius 1 is 1.21 bits per heavy atom. The van der Waals surface area contributed by atoms with Crippen molar-refractivity contribution in [2.45, 2.75) is 32.5 Å². The van der Waals surface area contributed by atoms with Gasteiger partial charge in [0.25, 0.3) is 0 Å². The second-order valence-electron chi connectivity index (χ2n) is 7.06. The molecule has 28 heavy (non-hydrogen) atoms. The lowest BCUT2D eigenvalue weighted by Gasteiger charge is -2.35. The summed E-state index contributed by atoms with van der Waals surface area (Å²) in [4.78, 5) is 27.0. The number of carbonyl (C=O) groups excluding carboxylic acids is 2. The van der Waals surface area contributed by atoms with Gasteiger partial charge in [-0.15, -0.1) is 0 Å². The average molecular weight is 381 g/mol. The molecule has 1 heterocycles.